The van der Waals surface area contributed by atoms with Gasteiger partial charge in [0.15, 0.2) is 0 Å². The van der Waals surface area contributed by atoms with Gasteiger partial charge in [-0.1, -0.05) is 29.8 Å². The van der Waals surface area contributed by atoms with Crippen molar-refractivity contribution in [1.82, 2.24) is 10.3 Å². The molecule has 3 nitrogen and oxygen atoms in total. The zero-order valence-electron chi connectivity index (χ0n) is 10.7. The summed E-state index contributed by atoms with van der Waals surface area (Å²) in [6.45, 7) is 4.98. The highest BCUT2D eigenvalue weighted by Gasteiger charge is 2.18. The highest BCUT2D eigenvalue weighted by Crippen LogP contribution is 2.21. The molecular weight excluding hydrogens is 360 g/mol. The Balaban J connectivity index is 2.48. The molecule has 0 radical (unpaired) electrons. The Morgan fingerprint density at radius 1 is 1.44 bits per heavy atom. The predicted molar refractivity (Wildman–Crippen MR) is 81.1 cm³/mol. The van der Waals surface area contributed by atoms with Crippen molar-refractivity contribution in [3.8, 4) is 0 Å². The molecule has 1 aromatic rings. The largest absolute Gasteiger partial charge is 0.350 e. The average molecular weight is 378 g/mol. The van der Waals surface area contributed by atoms with Crippen LogP contribution in [0.3, 0.4) is 0 Å². The first-order valence-electron chi connectivity index (χ1n) is 5.90. The molecule has 5 heteroatoms. The quantitative estimate of drug-likeness (QED) is 0.766. The maximum Gasteiger partial charge on any atom is 0.269 e. The standard InChI is InChI=1S/C13H18Br2N2O/c1-13(2,6-3-7-14)9-17-12(18)11-5-4-10(15)8-16-11/h4-5,8H,3,6-7,9H2,1-2H3,(H,17,18). The molecule has 0 atom stereocenters. The van der Waals surface area contributed by atoms with Gasteiger partial charge in [0.05, 0.1) is 0 Å². The number of hydrogen-bond acceptors (Lipinski definition) is 2. The smallest absolute Gasteiger partial charge is 0.269 e. The SMILES string of the molecule is CC(C)(CCCBr)CNC(=O)c1ccc(Br)cn1. The van der Waals surface area contributed by atoms with Gasteiger partial charge in [0.2, 0.25) is 0 Å². The van der Waals surface area contributed by atoms with Crippen LogP contribution in [0, 0.1) is 5.41 Å². The highest BCUT2D eigenvalue weighted by molar-refractivity contribution is 9.10. The molecule has 100 valence electrons. The number of alkyl halides is 1. The predicted octanol–water partition coefficient (Wildman–Crippen LogP) is 3.78. The Kier molecular flexibility index (Phi) is 6.29. The third kappa shape index (κ3) is 5.48. The monoisotopic (exact) mass is 376 g/mol. The van der Waals surface area contributed by atoms with Crippen LogP contribution in [0.5, 0.6) is 0 Å². The summed E-state index contributed by atoms with van der Waals surface area (Å²) >= 11 is 6.72. The van der Waals surface area contributed by atoms with Crippen LogP contribution in [0.1, 0.15) is 37.2 Å². The second-order valence-electron chi connectivity index (χ2n) is 5.00. The van der Waals surface area contributed by atoms with E-state index in [2.05, 4.69) is 56.0 Å². The number of hydrogen-bond donors (Lipinski definition) is 1. The van der Waals surface area contributed by atoms with E-state index in [4.69, 9.17) is 0 Å². The van der Waals surface area contributed by atoms with Gasteiger partial charge in [-0.05, 0) is 46.3 Å². The lowest BCUT2D eigenvalue weighted by Gasteiger charge is -2.24. The lowest BCUT2D eigenvalue weighted by Crippen LogP contribution is -2.34. The van der Waals surface area contributed by atoms with E-state index in [1.165, 1.54) is 0 Å². The zero-order chi connectivity index (χ0) is 13.6. The Labute approximate surface area is 125 Å². The number of aromatic nitrogens is 1. The summed E-state index contributed by atoms with van der Waals surface area (Å²) in [5, 5.41) is 3.93. The van der Waals surface area contributed by atoms with Gasteiger partial charge in [-0.15, -0.1) is 0 Å². The number of nitrogens with zero attached hydrogens (tertiary/aromatic N) is 1. The lowest BCUT2D eigenvalue weighted by atomic mass is 9.88. The molecule has 0 saturated carbocycles. The third-order valence-electron chi connectivity index (χ3n) is 2.67. The van der Waals surface area contributed by atoms with Crippen LogP contribution in [0.25, 0.3) is 0 Å². The van der Waals surface area contributed by atoms with Crippen LogP contribution in [-0.2, 0) is 0 Å². The van der Waals surface area contributed by atoms with Crippen molar-refractivity contribution in [2.45, 2.75) is 26.7 Å². The van der Waals surface area contributed by atoms with E-state index in [0.29, 0.717) is 12.2 Å². The molecule has 0 fully saturated rings. The summed E-state index contributed by atoms with van der Waals surface area (Å²) < 4.78 is 0.872. The Hall–Kier alpha value is -0.420. The number of amides is 1. The Morgan fingerprint density at radius 3 is 2.72 bits per heavy atom. The molecule has 0 unspecified atom stereocenters. The average Bonchev–Trinajstić information content (AvgIpc) is 2.35. The molecule has 0 saturated heterocycles. The van der Waals surface area contributed by atoms with E-state index in [1.807, 2.05) is 6.07 Å². The maximum atomic E-state index is 11.9. The highest BCUT2D eigenvalue weighted by atomic mass is 79.9. The van der Waals surface area contributed by atoms with Crippen LogP contribution >= 0.6 is 31.9 Å². The summed E-state index contributed by atoms with van der Waals surface area (Å²) in [4.78, 5) is 16.0. The number of halogens is 2. The number of pyridine rings is 1. The summed E-state index contributed by atoms with van der Waals surface area (Å²) in [6.07, 6.45) is 3.82. The van der Waals surface area contributed by atoms with Gasteiger partial charge in [0.1, 0.15) is 5.69 Å². The second kappa shape index (κ2) is 7.24. The molecule has 1 amide bonds. The second-order valence-corrected chi connectivity index (χ2v) is 6.71. The van der Waals surface area contributed by atoms with Crippen LogP contribution < -0.4 is 5.32 Å². The first kappa shape index (κ1) is 15.6. The van der Waals surface area contributed by atoms with Gasteiger partial charge < -0.3 is 5.32 Å². The molecule has 0 aliphatic carbocycles. The van der Waals surface area contributed by atoms with Crippen LogP contribution in [0.2, 0.25) is 0 Å². The van der Waals surface area contributed by atoms with Gasteiger partial charge >= 0.3 is 0 Å². The fourth-order valence-corrected chi connectivity index (χ4v) is 2.07. The maximum absolute atomic E-state index is 11.9. The van der Waals surface area contributed by atoms with Crippen LogP contribution in [-0.4, -0.2) is 22.8 Å². The van der Waals surface area contributed by atoms with Gasteiger partial charge in [0.25, 0.3) is 5.91 Å². The molecule has 1 heterocycles. The molecular formula is C13H18Br2N2O. The minimum atomic E-state index is -0.116. The van der Waals surface area contributed by atoms with E-state index in [-0.39, 0.29) is 11.3 Å². The Morgan fingerprint density at radius 2 is 2.17 bits per heavy atom. The van der Waals surface area contributed by atoms with E-state index < -0.39 is 0 Å². The van der Waals surface area contributed by atoms with Crippen LogP contribution in [0.15, 0.2) is 22.8 Å². The van der Waals surface area contributed by atoms with E-state index in [0.717, 1.165) is 22.6 Å². The minimum absolute atomic E-state index is 0.110. The van der Waals surface area contributed by atoms with E-state index >= 15 is 0 Å². The number of carbonyl (C=O) groups excluding carboxylic acids is 1. The zero-order valence-corrected chi connectivity index (χ0v) is 13.8. The van der Waals surface area contributed by atoms with Crippen molar-refractivity contribution in [1.29, 1.82) is 0 Å². The summed E-state index contributed by atoms with van der Waals surface area (Å²) in [5.41, 5.74) is 0.563. The van der Waals surface area contributed by atoms with Crippen molar-refractivity contribution >= 4 is 37.8 Å². The lowest BCUT2D eigenvalue weighted by molar-refractivity contribution is 0.0929. The fraction of sp³-hybridized carbons (Fsp3) is 0.538. The minimum Gasteiger partial charge on any atom is -0.350 e. The molecule has 0 aliphatic rings. The number of rotatable bonds is 6. The normalized spacial score (nSPS) is 11.3. The van der Waals surface area contributed by atoms with Gasteiger partial charge in [-0.2, -0.15) is 0 Å². The molecule has 18 heavy (non-hydrogen) atoms. The topological polar surface area (TPSA) is 42.0 Å². The summed E-state index contributed by atoms with van der Waals surface area (Å²) in [7, 11) is 0. The van der Waals surface area contributed by atoms with Crippen molar-refractivity contribution in [3.05, 3.63) is 28.5 Å². The van der Waals surface area contributed by atoms with Crippen molar-refractivity contribution in [2.75, 3.05) is 11.9 Å². The van der Waals surface area contributed by atoms with Gasteiger partial charge in [0, 0.05) is 22.5 Å². The molecule has 0 spiro atoms. The van der Waals surface area contributed by atoms with Gasteiger partial charge in [-0.25, -0.2) is 4.98 Å². The summed E-state index contributed by atoms with van der Waals surface area (Å²) in [5.74, 6) is -0.116. The molecule has 1 N–H and O–H groups in total. The molecule has 1 aromatic heterocycles. The van der Waals surface area contributed by atoms with Crippen molar-refractivity contribution in [3.63, 3.8) is 0 Å². The third-order valence-corrected chi connectivity index (χ3v) is 3.70. The number of carbonyl (C=O) groups is 1. The molecule has 0 aliphatic heterocycles. The van der Waals surface area contributed by atoms with E-state index in [1.54, 1.807) is 12.3 Å². The van der Waals surface area contributed by atoms with Crippen molar-refractivity contribution in [2.24, 2.45) is 5.41 Å². The van der Waals surface area contributed by atoms with Gasteiger partial charge in [-0.3, -0.25) is 4.79 Å². The van der Waals surface area contributed by atoms with E-state index in [9.17, 15) is 4.79 Å². The first-order chi connectivity index (χ1) is 8.44. The Bertz CT molecular complexity index is 390. The summed E-state index contributed by atoms with van der Waals surface area (Å²) in [6, 6.07) is 3.53. The fourth-order valence-electron chi connectivity index (χ4n) is 1.55. The van der Waals surface area contributed by atoms with Crippen molar-refractivity contribution < 1.29 is 4.79 Å². The molecule has 0 aromatic carbocycles. The molecule has 0 bridgehead atoms. The molecule has 1 rings (SSSR count). The van der Waals surface area contributed by atoms with Crippen LogP contribution in [0.4, 0.5) is 0 Å². The first-order valence-corrected chi connectivity index (χ1v) is 7.82. The number of nitrogens with one attached hydrogen (secondary N) is 1.